The van der Waals surface area contributed by atoms with Crippen molar-refractivity contribution in [1.29, 1.82) is 0 Å². The normalized spacial score (nSPS) is 21.5. The molecular formula is C30H39FN2O2. The number of carbonyl (C=O) groups is 1. The lowest BCUT2D eigenvalue weighted by atomic mass is 9.97. The number of hydrogen-bond donors (Lipinski definition) is 0. The maximum atomic E-state index is 15.1. The molecule has 2 heterocycles. The molecule has 3 fully saturated rings. The van der Waals surface area contributed by atoms with E-state index in [4.69, 9.17) is 4.74 Å². The Balaban J connectivity index is 1.19. The van der Waals surface area contributed by atoms with Crippen LogP contribution in [0.5, 0.6) is 5.75 Å². The van der Waals surface area contributed by atoms with Crippen molar-refractivity contribution >= 4 is 5.91 Å². The standard InChI is InChI=1S/C30H39FN2O2/c1-20-6-7-24(15-21(20)2)18-32-13-10-23(11-14-32)19-35-29-17-28(31)27(16-26(29)25-8-9-25)30(34)33-12-4-5-22(33)3/h6-7,15-17,22-23,25H,4-5,8-14,18-19H2,1-3H3/t22-/m1/s1. The highest BCUT2D eigenvalue weighted by molar-refractivity contribution is 5.95. The number of rotatable bonds is 7. The van der Waals surface area contributed by atoms with Crippen molar-refractivity contribution in [2.24, 2.45) is 5.92 Å². The van der Waals surface area contributed by atoms with Crippen LogP contribution in [0.1, 0.15) is 84.0 Å². The molecule has 2 saturated heterocycles. The molecule has 2 aromatic rings. The average molecular weight is 479 g/mol. The van der Waals surface area contributed by atoms with Crippen molar-refractivity contribution in [1.82, 2.24) is 9.80 Å². The molecule has 0 radical (unpaired) electrons. The van der Waals surface area contributed by atoms with Crippen molar-refractivity contribution in [2.45, 2.75) is 77.8 Å². The Labute approximate surface area is 209 Å². The Morgan fingerprint density at radius 1 is 1.00 bits per heavy atom. The van der Waals surface area contributed by atoms with Gasteiger partial charge in [-0.15, -0.1) is 0 Å². The maximum absolute atomic E-state index is 15.1. The van der Waals surface area contributed by atoms with E-state index in [0.717, 1.165) is 70.3 Å². The zero-order valence-corrected chi connectivity index (χ0v) is 21.5. The zero-order chi connectivity index (χ0) is 24.5. The van der Waals surface area contributed by atoms with Crippen LogP contribution in [0.3, 0.4) is 0 Å². The molecule has 2 aromatic carbocycles. The smallest absolute Gasteiger partial charge is 0.257 e. The van der Waals surface area contributed by atoms with E-state index in [9.17, 15) is 4.79 Å². The van der Waals surface area contributed by atoms with Crippen LogP contribution < -0.4 is 4.74 Å². The second kappa shape index (κ2) is 10.3. The van der Waals surface area contributed by atoms with E-state index in [2.05, 4.69) is 43.9 Å². The van der Waals surface area contributed by atoms with Gasteiger partial charge in [-0.2, -0.15) is 0 Å². The Kier molecular flexibility index (Phi) is 7.15. The summed E-state index contributed by atoms with van der Waals surface area (Å²) in [6.07, 6.45) is 6.35. The highest BCUT2D eigenvalue weighted by Crippen LogP contribution is 2.45. The first kappa shape index (κ1) is 24.3. The van der Waals surface area contributed by atoms with Crippen LogP contribution in [-0.4, -0.2) is 48.0 Å². The predicted octanol–water partition coefficient (Wildman–Crippen LogP) is 6.24. The molecule has 0 N–H and O–H groups in total. The van der Waals surface area contributed by atoms with Crippen LogP contribution in [0.15, 0.2) is 30.3 Å². The van der Waals surface area contributed by atoms with Crippen LogP contribution >= 0.6 is 0 Å². The molecule has 188 valence electrons. The number of piperidine rings is 1. The fraction of sp³-hybridized carbons (Fsp3) is 0.567. The van der Waals surface area contributed by atoms with Gasteiger partial charge in [-0.3, -0.25) is 9.69 Å². The van der Waals surface area contributed by atoms with Crippen LogP contribution in [0.2, 0.25) is 0 Å². The van der Waals surface area contributed by atoms with Gasteiger partial charge in [-0.25, -0.2) is 4.39 Å². The summed E-state index contributed by atoms with van der Waals surface area (Å²) in [4.78, 5) is 17.4. The van der Waals surface area contributed by atoms with Gasteiger partial charge in [0.25, 0.3) is 5.91 Å². The first-order valence-electron chi connectivity index (χ1n) is 13.4. The number of hydrogen-bond acceptors (Lipinski definition) is 3. The van der Waals surface area contributed by atoms with Gasteiger partial charge in [0.15, 0.2) is 0 Å². The van der Waals surface area contributed by atoms with E-state index in [-0.39, 0.29) is 17.5 Å². The fourth-order valence-corrected chi connectivity index (χ4v) is 5.64. The molecule has 2 aliphatic heterocycles. The van der Waals surface area contributed by atoms with Gasteiger partial charge < -0.3 is 9.64 Å². The lowest BCUT2D eigenvalue weighted by molar-refractivity contribution is 0.0742. The number of aryl methyl sites for hydroxylation is 2. The molecule has 0 aromatic heterocycles. The lowest BCUT2D eigenvalue weighted by Gasteiger charge is -2.32. The molecule has 5 heteroatoms. The lowest BCUT2D eigenvalue weighted by Crippen LogP contribution is -2.35. The summed E-state index contributed by atoms with van der Waals surface area (Å²) in [5, 5.41) is 0. The topological polar surface area (TPSA) is 32.8 Å². The summed E-state index contributed by atoms with van der Waals surface area (Å²) in [6.45, 7) is 10.8. The summed E-state index contributed by atoms with van der Waals surface area (Å²) in [5.41, 5.74) is 5.31. The Morgan fingerprint density at radius 2 is 1.77 bits per heavy atom. The average Bonchev–Trinajstić information content (AvgIpc) is 3.60. The van der Waals surface area contributed by atoms with Gasteiger partial charge in [-0.1, -0.05) is 18.2 Å². The van der Waals surface area contributed by atoms with Gasteiger partial charge in [0.05, 0.1) is 12.2 Å². The van der Waals surface area contributed by atoms with Crippen molar-refractivity contribution in [3.8, 4) is 5.75 Å². The quantitative estimate of drug-likeness (QED) is 0.473. The third-order valence-corrected chi connectivity index (χ3v) is 8.32. The molecule has 4 nitrogen and oxygen atoms in total. The minimum Gasteiger partial charge on any atom is -0.493 e. The fourth-order valence-electron chi connectivity index (χ4n) is 5.64. The van der Waals surface area contributed by atoms with Gasteiger partial charge in [0.1, 0.15) is 11.6 Å². The van der Waals surface area contributed by atoms with Crippen molar-refractivity contribution in [3.63, 3.8) is 0 Å². The van der Waals surface area contributed by atoms with E-state index in [0.29, 0.717) is 24.2 Å². The number of carbonyl (C=O) groups excluding carboxylic acids is 1. The number of benzene rings is 2. The van der Waals surface area contributed by atoms with Crippen LogP contribution in [0.4, 0.5) is 4.39 Å². The van der Waals surface area contributed by atoms with E-state index in [1.165, 1.54) is 22.8 Å². The monoisotopic (exact) mass is 478 g/mol. The van der Waals surface area contributed by atoms with E-state index in [1.54, 1.807) is 6.07 Å². The SMILES string of the molecule is Cc1ccc(CN2CCC(COc3cc(F)c(C(=O)N4CCC[C@H]4C)cc3C3CC3)CC2)cc1C. The number of amides is 1. The van der Waals surface area contributed by atoms with Gasteiger partial charge in [0.2, 0.25) is 0 Å². The van der Waals surface area contributed by atoms with Crippen molar-refractivity contribution < 1.29 is 13.9 Å². The number of ether oxygens (including phenoxy) is 1. The summed E-state index contributed by atoms with van der Waals surface area (Å²) >= 11 is 0. The third kappa shape index (κ3) is 5.55. The summed E-state index contributed by atoms with van der Waals surface area (Å²) in [5.74, 6) is 0.906. The number of halogens is 1. The number of nitrogens with zero attached hydrogens (tertiary/aromatic N) is 2. The Hall–Kier alpha value is -2.40. The summed E-state index contributed by atoms with van der Waals surface area (Å²) in [7, 11) is 0. The summed E-state index contributed by atoms with van der Waals surface area (Å²) < 4.78 is 21.3. The first-order chi connectivity index (χ1) is 16.9. The molecule has 0 unspecified atom stereocenters. The molecule has 1 atom stereocenters. The maximum Gasteiger partial charge on any atom is 0.257 e. The van der Waals surface area contributed by atoms with Crippen LogP contribution in [-0.2, 0) is 6.54 Å². The molecule has 1 saturated carbocycles. The van der Waals surface area contributed by atoms with E-state index in [1.807, 2.05) is 4.90 Å². The van der Waals surface area contributed by atoms with Gasteiger partial charge in [-0.05, 0) is 113 Å². The van der Waals surface area contributed by atoms with Gasteiger partial charge >= 0.3 is 0 Å². The minimum atomic E-state index is -0.447. The van der Waals surface area contributed by atoms with Crippen LogP contribution in [0, 0.1) is 25.6 Å². The summed E-state index contributed by atoms with van der Waals surface area (Å²) in [6, 6.07) is 10.2. The third-order valence-electron chi connectivity index (χ3n) is 8.32. The second-order valence-electron chi connectivity index (χ2n) is 11.1. The Morgan fingerprint density at radius 3 is 2.43 bits per heavy atom. The largest absolute Gasteiger partial charge is 0.493 e. The zero-order valence-electron chi connectivity index (χ0n) is 21.5. The Bertz CT molecular complexity index is 1070. The second-order valence-corrected chi connectivity index (χ2v) is 11.1. The molecule has 35 heavy (non-hydrogen) atoms. The molecule has 3 aliphatic rings. The highest BCUT2D eigenvalue weighted by atomic mass is 19.1. The highest BCUT2D eigenvalue weighted by Gasteiger charge is 2.33. The molecule has 1 amide bonds. The predicted molar refractivity (Wildman–Crippen MR) is 138 cm³/mol. The van der Waals surface area contributed by atoms with Crippen LogP contribution in [0.25, 0.3) is 0 Å². The number of likely N-dealkylation sites (tertiary alicyclic amines) is 2. The van der Waals surface area contributed by atoms with E-state index >= 15 is 4.39 Å². The molecule has 1 aliphatic carbocycles. The van der Waals surface area contributed by atoms with Gasteiger partial charge in [0, 0.05) is 25.2 Å². The molecular weight excluding hydrogens is 439 g/mol. The minimum absolute atomic E-state index is 0.169. The van der Waals surface area contributed by atoms with Crippen molar-refractivity contribution in [3.05, 3.63) is 64.0 Å². The molecule has 0 bridgehead atoms. The van der Waals surface area contributed by atoms with E-state index < -0.39 is 5.82 Å². The first-order valence-corrected chi connectivity index (χ1v) is 13.4. The van der Waals surface area contributed by atoms with Crippen molar-refractivity contribution in [2.75, 3.05) is 26.2 Å². The molecule has 0 spiro atoms. The molecule has 5 rings (SSSR count).